The lowest BCUT2D eigenvalue weighted by molar-refractivity contribution is -0.136. The first-order valence-electron chi connectivity index (χ1n) is 7.52. The molecule has 2 rings (SSSR count). The first-order valence-corrected chi connectivity index (χ1v) is 7.52. The number of nitrogens with zero attached hydrogens (tertiary/aromatic N) is 3. The molecular weight excluding hydrogens is 298 g/mol. The Morgan fingerprint density at radius 1 is 1.26 bits per heavy atom. The van der Waals surface area contributed by atoms with Gasteiger partial charge in [-0.2, -0.15) is 0 Å². The number of ether oxygens (including phenoxy) is 2. The smallest absolute Gasteiger partial charge is 0.309 e. The number of aromatic nitrogens is 2. The molecule has 0 saturated carbocycles. The molecule has 0 radical (unpaired) electrons. The van der Waals surface area contributed by atoms with Crippen molar-refractivity contribution in [2.45, 2.75) is 13.0 Å². The van der Waals surface area contributed by atoms with Gasteiger partial charge >= 0.3 is 5.97 Å². The maximum absolute atomic E-state index is 11.1. The molecule has 2 heterocycles. The molecule has 0 fully saturated rings. The van der Waals surface area contributed by atoms with Gasteiger partial charge in [0.25, 0.3) is 0 Å². The van der Waals surface area contributed by atoms with Crippen LogP contribution in [-0.2, 0) is 27.2 Å². The zero-order chi connectivity index (χ0) is 16.7. The molecule has 2 aromatic rings. The molecule has 7 heteroatoms. The van der Waals surface area contributed by atoms with Gasteiger partial charge in [0.2, 0.25) is 0 Å². The van der Waals surface area contributed by atoms with E-state index in [1.165, 1.54) is 0 Å². The molecule has 0 aliphatic rings. The second kappa shape index (κ2) is 8.61. The maximum atomic E-state index is 11.1. The molecule has 0 saturated heterocycles. The van der Waals surface area contributed by atoms with Crippen molar-refractivity contribution < 1.29 is 19.4 Å². The summed E-state index contributed by atoms with van der Waals surface area (Å²) in [5.74, 6) is -0.880. The van der Waals surface area contributed by atoms with Gasteiger partial charge in [0.05, 0.1) is 31.0 Å². The van der Waals surface area contributed by atoms with Gasteiger partial charge in [-0.25, -0.2) is 4.98 Å². The number of carbonyl (C=O) groups is 1. The lowest BCUT2D eigenvalue weighted by atomic mass is 10.2. The van der Waals surface area contributed by atoms with Gasteiger partial charge in [0.1, 0.15) is 5.65 Å². The zero-order valence-electron chi connectivity index (χ0n) is 13.6. The van der Waals surface area contributed by atoms with E-state index in [9.17, 15) is 4.79 Å². The highest BCUT2D eigenvalue weighted by atomic mass is 16.5. The topological polar surface area (TPSA) is 76.3 Å². The fraction of sp³-hybridized carbons (Fsp3) is 0.500. The molecule has 0 amide bonds. The number of rotatable bonds is 10. The van der Waals surface area contributed by atoms with E-state index in [2.05, 4.69) is 9.88 Å². The highest BCUT2D eigenvalue weighted by Gasteiger charge is 2.17. The predicted molar refractivity (Wildman–Crippen MR) is 85.6 cm³/mol. The second-order valence-electron chi connectivity index (χ2n) is 5.27. The third-order valence-electron chi connectivity index (χ3n) is 3.63. The van der Waals surface area contributed by atoms with Gasteiger partial charge in [-0.15, -0.1) is 0 Å². The molecule has 0 unspecified atom stereocenters. The Morgan fingerprint density at radius 2 is 1.96 bits per heavy atom. The summed E-state index contributed by atoms with van der Waals surface area (Å²) in [6, 6.07) is 5.69. The lowest BCUT2D eigenvalue weighted by Crippen LogP contribution is -2.31. The summed E-state index contributed by atoms with van der Waals surface area (Å²) in [7, 11) is 3.33. The van der Waals surface area contributed by atoms with Gasteiger partial charge in [-0.3, -0.25) is 9.69 Å². The van der Waals surface area contributed by atoms with Crippen LogP contribution in [0.2, 0.25) is 0 Å². The largest absolute Gasteiger partial charge is 0.481 e. The fourth-order valence-corrected chi connectivity index (χ4v) is 2.47. The Balaban J connectivity index is 2.28. The minimum absolute atomic E-state index is 0.0839. The van der Waals surface area contributed by atoms with Crippen LogP contribution < -0.4 is 0 Å². The van der Waals surface area contributed by atoms with E-state index in [1.807, 2.05) is 28.8 Å². The van der Waals surface area contributed by atoms with E-state index in [0.717, 1.165) is 24.4 Å². The summed E-state index contributed by atoms with van der Waals surface area (Å²) in [6.07, 6.45) is 1.83. The summed E-state index contributed by atoms with van der Waals surface area (Å²) in [5.41, 5.74) is 2.26. The van der Waals surface area contributed by atoms with Crippen LogP contribution >= 0.6 is 0 Å². The molecule has 0 aliphatic heterocycles. The van der Waals surface area contributed by atoms with E-state index in [4.69, 9.17) is 14.6 Å². The molecule has 0 bridgehead atoms. The van der Waals surface area contributed by atoms with E-state index < -0.39 is 5.97 Å². The highest BCUT2D eigenvalue weighted by molar-refractivity contribution is 5.70. The normalized spacial score (nSPS) is 11.4. The fourth-order valence-electron chi connectivity index (χ4n) is 2.47. The Kier molecular flexibility index (Phi) is 6.52. The maximum Gasteiger partial charge on any atom is 0.309 e. The molecule has 0 spiro atoms. The molecular formula is C16H23N3O4. The van der Waals surface area contributed by atoms with Crippen LogP contribution in [-0.4, -0.2) is 65.9 Å². The average molecular weight is 321 g/mol. The Bertz CT molecular complexity index is 633. The number of carboxylic acid groups (broad SMARTS) is 1. The van der Waals surface area contributed by atoms with Gasteiger partial charge in [-0.05, 0) is 12.1 Å². The van der Waals surface area contributed by atoms with Crippen molar-refractivity contribution in [3.8, 4) is 0 Å². The third kappa shape index (κ3) is 4.75. The summed E-state index contributed by atoms with van der Waals surface area (Å²) in [6.45, 7) is 3.29. The highest BCUT2D eigenvalue weighted by Crippen LogP contribution is 2.16. The number of carboxylic acids is 1. The van der Waals surface area contributed by atoms with Gasteiger partial charge in [0.15, 0.2) is 0 Å². The molecule has 0 aliphatic carbocycles. The summed E-state index contributed by atoms with van der Waals surface area (Å²) < 4.78 is 12.3. The minimum Gasteiger partial charge on any atom is -0.481 e. The van der Waals surface area contributed by atoms with Crippen molar-refractivity contribution in [2.75, 3.05) is 40.5 Å². The SMILES string of the molecule is COCCN(CCOC)Cc1c(CC(=O)O)nc2ccccn12. The van der Waals surface area contributed by atoms with Crippen molar-refractivity contribution in [1.82, 2.24) is 14.3 Å². The number of pyridine rings is 1. The van der Waals surface area contributed by atoms with Gasteiger partial charge < -0.3 is 19.0 Å². The number of imidazole rings is 1. The molecule has 126 valence electrons. The molecule has 0 atom stereocenters. The number of aliphatic carboxylic acids is 1. The standard InChI is InChI=1S/C16H23N3O4/c1-22-9-7-18(8-10-23-2)12-14-13(11-16(20)21)17-15-5-3-4-6-19(14)15/h3-6H,7-12H2,1-2H3,(H,20,21). The van der Waals surface area contributed by atoms with Crippen molar-refractivity contribution in [1.29, 1.82) is 0 Å². The number of fused-ring (bicyclic) bond motifs is 1. The number of methoxy groups -OCH3 is 2. The Hall–Kier alpha value is -1.96. The average Bonchev–Trinajstić information content (AvgIpc) is 2.86. The Morgan fingerprint density at radius 3 is 2.57 bits per heavy atom. The van der Waals surface area contributed by atoms with Crippen LogP contribution in [0.5, 0.6) is 0 Å². The van der Waals surface area contributed by atoms with Crippen LogP contribution in [0.1, 0.15) is 11.4 Å². The summed E-state index contributed by atoms with van der Waals surface area (Å²) in [5, 5.41) is 9.13. The van der Waals surface area contributed by atoms with Crippen molar-refractivity contribution in [3.63, 3.8) is 0 Å². The second-order valence-corrected chi connectivity index (χ2v) is 5.27. The summed E-state index contributed by atoms with van der Waals surface area (Å²) >= 11 is 0. The van der Waals surface area contributed by atoms with Crippen LogP contribution in [0.15, 0.2) is 24.4 Å². The first-order chi connectivity index (χ1) is 11.2. The zero-order valence-corrected chi connectivity index (χ0v) is 13.6. The molecule has 7 nitrogen and oxygen atoms in total. The molecule has 23 heavy (non-hydrogen) atoms. The molecule has 0 aromatic carbocycles. The van der Waals surface area contributed by atoms with Gasteiger partial charge in [-0.1, -0.05) is 6.07 Å². The predicted octanol–water partition coefficient (Wildman–Crippen LogP) is 1.06. The third-order valence-corrected chi connectivity index (χ3v) is 3.63. The van der Waals surface area contributed by atoms with E-state index >= 15 is 0 Å². The van der Waals surface area contributed by atoms with Gasteiger partial charge in [0, 0.05) is 40.1 Å². The Labute approximate surface area is 135 Å². The van der Waals surface area contributed by atoms with Crippen LogP contribution in [0.4, 0.5) is 0 Å². The molecule has 2 aromatic heterocycles. The van der Waals surface area contributed by atoms with Crippen LogP contribution in [0.25, 0.3) is 5.65 Å². The number of hydrogen-bond acceptors (Lipinski definition) is 5. The van der Waals surface area contributed by atoms with Crippen LogP contribution in [0, 0.1) is 0 Å². The van der Waals surface area contributed by atoms with Crippen molar-refractivity contribution >= 4 is 11.6 Å². The lowest BCUT2D eigenvalue weighted by Gasteiger charge is -2.22. The first kappa shape index (κ1) is 17.4. The van der Waals surface area contributed by atoms with Crippen molar-refractivity contribution in [2.24, 2.45) is 0 Å². The van der Waals surface area contributed by atoms with Crippen LogP contribution in [0.3, 0.4) is 0 Å². The van der Waals surface area contributed by atoms with Crippen molar-refractivity contribution in [3.05, 3.63) is 35.8 Å². The van der Waals surface area contributed by atoms with E-state index in [-0.39, 0.29) is 6.42 Å². The van der Waals surface area contributed by atoms with E-state index in [0.29, 0.717) is 25.5 Å². The summed E-state index contributed by atoms with van der Waals surface area (Å²) in [4.78, 5) is 17.8. The minimum atomic E-state index is -0.880. The molecule has 1 N–H and O–H groups in total. The van der Waals surface area contributed by atoms with E-state index in [1.54, 1.807) is 14.2 Å². The number of hydrogen-bond donors (Lipinski definition) is 1. The quantitative estimate of drug-likeness (QED) is 0.705. The monoisotopic (exact) mass is 321 g/mol.